The van der Waals surface area contributed by atoms with Crippen LogP contribution in [0.25, 0.3) is 27.9 Å². The zero-order chi connectivity index (χ0) is 19.7. The van der Waals surface area contributed by atoms with E-state index in [2.05, 4.69) is 4.98 Å². The highest BCUT2D eigenvalue weighted by Gasteiger charge is 2.25. The lowest BCUT2D eigenvalue weighted by atomic mass is 10.2. The van der Waals surface area contributed by atoms with Gasteiger partial charge in [-0.15, -0.1) is 0 Å². The average Bonchev–Trinajstić information content (AvgIpc) is 2.98. The van der Waals surface area contributed by atoms with E-state index in [4.69, 9.17) is 31.8 Å². The Hall–Kier alpha value is -3.16. The highest BCUT2D eigenvalue weighted by Crippen LogP contribution is 2.31. The molecule has 2 heterocycles. The lowest BCUT2D eigenvalue weighted by molar-refractivity contribution is 0.0391. The minimum absolute atomic E-state index is 0.114. The number of carbonyl (C=O) groups is 1. The molecular weight excluding hydrogens is 380 g/mol. The van der Waals surface area contributed by atoms with Gasteiger partial charge in [-0.3, -0.25) is 4.57 Å². The van der Waals surface area contributed by atoms with Gasteiger partial charge in [0.15, 0.2) is 5.65 Å². The van der Waals surface area contributed by atoms with E-state index in [1.54, 1.807) is 28.8 Å². The predicted octanol–water partition coefficient (Wildman–Crippen LogP) is 3.61. The molecule has 0 fully saturated rings. The summed E-state index contributed by atoms with van der Waals surface area (Å²) in [6.07, 6.45) is 0. The summed E-state index contributed by atoms with van der Waals surface area (Å²) in [6, 6.07) is 14.5. The lowest BCUT2D eigenvalue weighted by Gasteiger charge is -2.08. The van der Waals surface area contributed by atoms with Crippen molar-refractivity contribution < 1.29 is 14.3 Å². The molecule has 7 nitrogen and oxygen atoms in total. The Bertz CT molecular complexity index is 1170. The molecule has 0 aliphatic rings. The van der Waals surface area contributed by atoms with Crippen LogP contribution in [0.3, 0.4) is 0 Å². The van der Waals surface area contributed by atoms with Gasteiger partial charge in [-0.2, -0.15) is 0 Å². The average molecular weight is 397 g/mol. The maximum atomic E-state index is 12.7. The molecule has 0 saturated carbocycles. The van der Waals surface area contributed by atoms with E-state index >= 15 is 0 Å². The quantitative estimate of drug-likeness (QED) is 0.409. The highest BCUT2D eigenvalue weighted by molar-refractivity contribution is 6.30. The highest BCUT2D eigenvalue weighted by atomic mass is 35.5. The van der Waals surface area contributed by atoms with Crippen molar-refractivity contribution in [2.45, 2.75) is 0 Å². The molecule has 0 radical (unpaired) electrons. The predicted molar refractivity (Wildman–Crippen MR) is 108 cm³/mol. The number of hydrogen-bond acceptors (Lipinski definition) is 6. The van der Waals surface area contributed by atoms with Crippen LogP contribution in [0.1, 0.15) is 10.4 Å². The normalized spacial score (nSPS) is 11.2. The molecule has 2 N–H and O–H groups in total. The zero-order valence-electron chi connectivity index (χ0n) is 15.1. The van der Waals surface area contributed by atoms with E-state index in [0.29, 0.717) is 32.9 Å². The molecule has 28 heavy (non-hydrogen) atoms. The number of nitrogens with zero attached hydrogens (tertiary/aromatic N) is 3. The lowest BCUT2D eigenvalue weighted by Crippen LogP contribution is -2.12. The standard InChI is InChI=1S/C20H17ClN4O3/c1-27-10-11-28-20(26)16-17-19(24-15-5-3-2-4-14(15)23-17)25(18(16)22)13-8-6-12(21)7-9-13/h2-9H,10-11,22H2,1H3. The molecule has 0 atom stereocenters. The molecule has 0 unspecified atom stereocenters. The van der Waals surface area contributed by atoms with Crippen LogP contribution in [0.2, 0.25) is 5.02 Å². The molecular formula is C20H17ClN4O3. The van der Waals surface area contributed by atoms with Gasteiger partial charge in [0.1, 0.15) is 23.5 Å². The maximum absolute atomic E-state index is 12.7. The van der Waals surface area contributed by atoms with Crippen LogP contribution in [0.15, 0.2) is 48.5 Å². The number of anilines is 1. The Kier molecular flexibility index (Phi) is 4.85. The van der Waals surface area contributed by atoms with E-state index < -0.39 is 5.97 Å². The van der Waals surface area contributed by atoms with Gasteiger partial charge in [-0.05, 0) is 36.4 Å². The third-order valence-electron chi connectivity index (χ3n) is 4.31. The fourth-order valence-corrected chi connectivity index (χ4v) is 3.13. The first-order chi connectivity index (χ1) is 13.6. The number of rotatable bonds is 5. The van der Waals surface area contributed by atoms with Crippen LogP contribution in [0.5, 0.6) is 0 Å². The van der Waals surface area contributed by atoms with Crippen molar-refractivity contribution in [1.29, 1.82) is 0 Å². The van der Waals surface area contributed by atoms with Gasteiger partial charge in [0.25, 0.3) is 0 Å². The molecule has 0 aliphatic carbocycles. The molecule has 4 rings (SSSR count). The summed E-state index contributed by atoms with van der Waals surface area (Å²) in [6.45, 7) is 0.402. The summed E-state index contributed by atoms with van der Waals surface area (Å²) in [5.41, 5.74) is 9.48. The molecule has 0 spiro atoms. The fraction of sp³-hybridized carbons (Fsp3) is 0.150. The fourth-order valence-electron chi connectivity index (χ4n) is 3.00. The topological polar surface area (TPSA) is 92.3 Å². The van der Waals surface area contributed by atoms with Gasteiger partial charge in [0, 0.05) is 17.8 Å². The van der Waals surface area contributed by atoms with Crippen molar-refractivity contribution >= 4 is 45.6 Å². The number of methoxy groups -OCH3 is 1. The van der Waals surface area contributed by atoms with Crippen LogP contribution in [0.4, 0.5) is 5.82 Å². The number of hydrogen-bond donors (Lipinski definition) is 1. The van der Waals surface area contributed by atoms with Crippen molar-refractivity contribution in [3.05, 3.63) is 59.1 Å². The minimum atomic E-state index is -0.572. The van der Waals surface area contributed by atoms with E-state index in [9.17, 15) is 4.79 Å². The van der Waals surface area contributed by atoms with Gasteiger partial charge in [0.05, 0.1) is 17.6 Å². The van der Waals surface area contributed by atoms with Gasteiger partial charge in [-0.25, -0.2) is 14.8 Å². The van der Waals surface area contributed by atoms with Crippen LogP contribution < -0.4 is 5.73 Å². The summed E-state index contributed by atoms with van der Waals surface area (Å²) < 4.78 is 11.9. The number of carbonyl (C=O) groups excluding carboxylic acids is 1. The van der Waals surface area contributed by atoms with Crippen molar-refractivity contribution in [3.63, 3.8) is 0 Å². The Labute approximate surface area is 165 Å². The van der Waals surface area contributed by atoms with Gasteiger partial charge < -0.3 is 15.2 Å². The van der Waals surface area contributed by atoms with E-state index in [0.717, 1.165) is 0 Å². The summed E-state index contributed by atoms with van der Waals surface area (Å²) in [5, 5.41) is 0.592. The second kappa shape index (κ2) is 7.46. The molecule has 0 saturated heterocycles. The Morgan fingerprint density at radius 1 is 1.07 bits per heavy atom. The summed E-state index contributed by atoms with van der Waals surface area (Å²) in [7, 11) is 1.53. The van der Waals surface area contributed by atoms with Crippen LogP contribution in [-0.4, -0.2) is 40.8 Å². The van der Waals surface area contributed by atoms with Crippen LogP contribution >= 0.6 is 11.6 Å². The first-order valence-corrected chi connectivity index (χ1v) is 8.96. The second-order valence-electron chi connectivity index (χ2n) is 6.09. The molecule has 4 aromatic rings. The number of para-hydroxylation sites is 2. The van der Waals surface area contributed by atoms with Crippen molar-refractivity contribution in [2.24, 2.45) is 0 Å². The van der Waals surface area contributed by atoms with Crippen molar-refractivity contribution in [2.75, 3.05) is 26.1 Å². The van der Waals surface area contributed by atoms with Crippen molar-refractivity contribution in [3.8, 4) is 5.69 Å². The van der Waals surface area contributed by atoms with E-state index in [1.807, 2.05) is 24.3 Å². The number of ether oxygens (including phenoxy) is 2. The molecule has 2 aromatic carbocycles. The van der Waals surface area contributed by atoms with Crippen molar-refractivity contribution in [1.82, 2.24) is 14.5 Å². The SMILES string of the molecule is COCCOC(=O)c1c(N)n(-c2ccc(Cl)cc2)c2nc3ccccc3nc12. The third kappa shape index (κ3) is 3.15. The molecule has 0 aliphatic heterocycles. The molecule has 0 amide bonds. The molecule has 0 bridgehead atoms. The number of nitrogen functional groups attached to an aromatic ring is 1. The maximum Gasteiger partial charge on any atom is 0.344 e. The van der Waals surface area contributed by atoms with Gasteiger partial charge in [-0.1, -0.05) is 23.7 Å². The Morgan fingerprint density at radius 3 is 2.43 bits per heavy atom. The number of nitrogens with two attached hydrogens (primary N) is 1. The molecule has 2 aromatic heterocycles. The monoisotopic (exact) mass is 396 g/mol. The van der Waals surface area contributed by atoms with Gasteiger partial charge >= 0.3 is 5.97 Å². The van der Waals surface area contributed by atoms with E-state index in [-0.39, 0.29) is 24.6 Å². The largest absolute Gasteiger partial charge is 0.459 e. The molecule has 8 heteroatoms. The zero-order valence-corrected chi connectivity index (χ0v) is 15.8. The smallest absolute Gasteiger partial charge is 0.344 e. The first-order valence-electron chi connectivity index (χ1n) is 8.59. The number of aromatic nitrogens is 3. The second-order valence-corrected chi connectivity index (χ2v) is 6.52. The van der Waals surface area contributed by atoms with E-state index in [1.165, 1.54) is 7.11 Å². The number of esters is 1. The van der Waals surface area contributed by atoms with Crippen LogP contribution in [-0.2, 0) is 9.47 Å². The third-order valence-corrected chi connectivity index (χ3v) is 4.56. The minimum Gasteiger partial charge on any atom is -0.459 e. The summed E-state index contributed by atoms with van der Waals surface area (Å²) in [4.78, 5) is 22.1. The molecule has 142 valence electrons. The van der Waals surface area contributed by atoms with Gasteiger partial charge in [0.2, 0.25) is 0 Å². The number of halogens is 1. The summed E-state index contributed by atoms with van der Waals surface area (Å²) in [5.74, 6) is -0.369. The number of fused-ring (bicyclic) bond motifs is 2. The Balaban J connectivity index is 1.97. The first kappa shape index (κ1) is 18.2. The van der Waals surface area contributed by atoms with Crippen LogP contribution in [0, 0.1) is 0 Å². The Morgan fingerprint density at radius 2 is 1.75 bits per heavy atom. The summed E-state index contributed by atoms with van der Waals surface area (Å²) >= 11 is 6.01. The number of benzene rings is 2.